The molecule has 0 atom stereocenters. The number of carbonyl (C=O) groups excluding carboxylic acids is 1. The van der Waals surface area contributed by atoms with Crippen LogP contribution in [-0.2, 0) is 29.2 Å². The molecule has 220 valence electrons. The fraction of sp³-hybridized carbons (Fsp3) is 0.207. The molecule has 4 rings (SSSR count). The summed E-state index contributed by atoms with van der Waals surface area (Å²) in [6, 6.07) is 18.2. The lowest BCUT2D eigenvalue weighted by molar-refractivity contribution is -0.141. The van der Waals surface area contributed by atoms with Crippen molar-refractivity contribution in [3.05, 3.63) is 106 Å². The van der Waals surface area contributed by atoms with Gasteiger partial charge in [-0.2, -0.15) is 13.2 Å². The van der Waals surface area contributed by atoms with E-state index >= 15 is 0 Å². The number of hydrogen-bond acceptors (Lipinski definition) is 5. The van der Waals surface area contributed by atoms with Gasteiger partial charge in [-0.25, -0.2) is 22.9 Å². The van der Waals surface area contributed by atoms with Crippen molar-refractivity contribution < 1.29 is 36.3 Å². The molecule has 1 amide bonds. The fourth-order valence-electron chi connectivity index (χ4n) is 4.40. The smallest absolute Gasteiger partial charge is 0.435 e. The van der Waals surface area contributed by atoms with Gasteiger partial charge >= 0.3 is 12.1 Å². The van der Waals surface area contributed by atoms with Gasteiger partial charge in [-0.1, -0.05) is 79.5 Å². The highest BCUT2D eigenvalue weighted by Gasteiger charge is 2.41. The van der Waals surface area contributed by atoms with Gasteiger partial charge in [-0.05, 0) is 35.7 Å². The molecule has 1 heterocycles. The van der Waals surface area contributed by atoms with Crippen LogP contribution in [0.3, 0.4) is 0 Å². The largest absolute Gasteiger partial charge is 0.477 e. The number of hydrogen-bond donors (Lipinski definition) is 2. The number of carboxylic acids is 1. The minimum atomic E-state index is -4.94. The topological polar surface area (TPSA) is 118 Å². The quantitative estimate of drug-likeness (QED) is 0.211. The van der Waals surface area contributed by atoms with Gasteiger partial charge in [0.1, 0.15) is 5.82 Å². The average molecular weight is 620 g/mol. The number of nitrogens with zero attached hydrogens (tertiary/aromatic N) is 2. The number of alkyl halides is 3. The Kier molecular flexibility index (Phi) is 9.07. The van der Waals surface area contributed by atoms with E-state index < -0.39 is 39.5 Å². The Hall–Kier alpha value is -4.16. The fourth-order valence-corrected chi connectivity index (χ4v) is 5.82. The van der Waals surface area contributed by atoms with Crippen LogP contribution in [0.4, 0.5) is 13.2 Å². The molecular weight excluding hydrogens is 595 g/mol. The molecule has 0 aliphatic rings. The standard InChI is InChI=1S/C29H25ClF3N3O5S/c1-2-3-12-24-34-26(29(31,32)33)25(28(38)39)36(24)17-18-13-15-19(16-14-18)20-8-5-7-11-23(20)42(40,41)35-27(37)21-9-4-6-10-22(21)30/h4-11,13-16H,2-3,12,17H2,1H3,(H,35,37)(H,38,39). The molecule has 0 unspecified atom stereocenters. The van der Waals surface area contributed by atoms with E-state index in [1.54, 1.807) is 48.5 Å². The number of amides is 1. The molecule has 0 aliphatic carbocycles. The zero-order valence-electron chi connectivity index (χ0n) is 22.2. The third-order valence-corrected chi connectivity index (χ3v) is 8.12. The van der Waals surface area contributed by atoms with Crippen molar-refractivity contribution in [1.29, 1.82) is 0 Å². The first kappa shape index (κ1) is 30.8. The van der Waals surface area contributed by atoms with Crippen LogP contribution in [0.5, 0.6) is 0 Å². The Morgan fingerprint density at radius 2 is 1.64 bits per heavy atom. The van der Waals surface area contributed by atoms with Gasteiger partial charge in [-0.15, -0.1) is 0 Å². The molecule has 8 nitrogen and oxygen atoms in total. The van der Waals surface area contributed by atoms with Crippen LogP contribution >= 0.6 is 11.6 Å². The summed E-state index contributed by atoms with van der Waals surface area (Å²) in [6.45, 7) is 1.66. The molecule has 0 fully saturated rings. The number of carboxylic acid groups (broad SMARTS) is 1. The molecular formula is C29H25ClF3N3O5S. The van der Waals surface area contributed by atoms with E-state index in [1.807, 2.05) is 11.6 Å². The van der Waals surface area contributed by atoms with Crippen LogP contribution in [0.2, 0.25) is 5.02 Å². The molecule has 0 spiro atoms. The molecule has 0 bridgehead atoms. The maximum absolute atomic E-state index is 13.6. The Morgan fingerprint density at radius 1 is 1.00 bits per heavy atom. The van der Waals surface area contributed by atoms with Gasteiger partial charge in [0.15, 0.2) is 11.4 Å². The zero-order valence-corrected chi connectivity index (χ0v) is 23.7. The maximum atomic E-state index is 13.6. The number of carbonyl (C=O) groups is 2. The second-order valence-corrected chi connectivity index (χ2v) is 11.4. The Morgan fingerprint density at radius 3 is 2.26 bits per heavy atom. The predicted molar refractivity (Wildman–Crippen MR) is 150 cm³/mol. The van der Waals surface area contributed by atoms with Crippen LogP contribution < -0.4 is 4.72 Å². The lowest BCUT2D eigenvalue weighted by atomic mass is 10.0. The number of halogens is 4. The van der Waals surface area contributed by atoms with Crippen molar-refractivity contribution in [2.45, 2.75) is 43.8 Å². The lowest BCUT2D eigenvalue weighted by Gasteiger charge is -2.14. The Labute approximate surface area is 244 Å². The number of unbranched alkanes of at least 4 members (excludes halogenated alkanes) is 1. The number of imidazole rings is 1. The third kappa shape index (κ3) is 6.66. The number of benzene rings is 3. The molecule has 42 heavy (non-hydrogen) atoms. The summed E-state index contributed by atoms with van der Waals surface area (Å²) in [6.07, 6.45) is -3.59. The SMILES string of the molecule is CCCCc1nc(C(F)(F)F)c(C(=O)O)n1Cc1ccc(-c2ccccc2S(=O)(=O)NC(=O)c2ccccc2Cl)cc1. The summed E-state index contributed by atoms with van der Waals surface area (Å²) in [5, 5.41) is 9.70. The van der Waals surface area contributed by atoms with Crippen molar-refractivity contribution in [3.63, 3.8) is 0 Å². The van der Waals surface area contributed by atoms with Crippen molar-refractivity contribution in [2.75, 3.05) is 0 Å². The van der Waals surface area contributed by atoms with Crippen LogP contribution in [-0.4, -0.2) is 35.0 Å². The van der Waals surface area contributed by atoms with Crippen LogP contribution in [0, 0.1) is 0 Å². The Balaban J connectivity index is 1.66. The molecule has 4 aromatic rings. The van der Waals surface area contributed by atoms with E-state index in [1.165, 1.54) is 24.3 Å². The molecule has 0 aliphatic heterocycles. The van der Waals surface area contributed by atoms with Crippen molar-refractivity contribution >= 4 is 33.5 Å². The van der Waals surface area contributed by atoms with E-state index in [4.69, 9.17) is 11.6 Å². The molecule has 13 heteroatoms. The monoisotopic (exact) mass is 619 g/mol. The van der Waals surface area contributed by atoms with Crippen LogP contribution in [0.15, 0.2) is 77.7 Å². The van der Waals surface area contributed by atoms with Gasteiger partial charge in [-0.3, -0.25) is 4.79 Å². The highest BCUT2D eigenvalue weighted by atomic mass is 35.5. The number of sulfonamides is 1. The highest BCUT2D eigenvalue weighted by Crippen LogP contribution is 2.33. The normalized spacial score (nSPS) is 11.8. The average Bonchev–Trinajstić information content (AvgIpc) is 3.31. The molecule has 0 saturated carbocycles. The molecule has 1 aromatic heterocycles. The number of rotatable bonds is 10. The second-order valence-electron chi connectivity index (χ2n) is 9.33. The van der Waals surface area contributed by atoms with Crippen LogP contribution in [0.1, 0.15) is 57.7 Å². The molecule has 3 aromatic carbocycles. The first-order valence-electron chi connectivity index (χ1n) is 12.7. The van der Waals surface area contributed by atoms with E-state index in [0.29, 0.717) is 24.0 Å². The van der Waals surface area contributed by atoms with E-state index in [-0.39, 0.29) is 39.8 Å². The van der Waals surface area contributed by atoms with Crippen LogP contribution in [0.25, 0.3) is 11.1 Å². The third-order valence-electron chi connectivity index (χ3n) is 6.40. The number of aromatic nitrogens is 2. The van der Waals surface area contributed by atoms with Gasteiger partial charge in [0.2, 0.25) is 0 Å². The van der Waals surface area contributed by atoms with E-state index in [2.05, 4.69) is 4.98 Å². The first-order valence-corrected chi connectivity index (χ1v) is 14.6. The minimum Gasteiger partial charge on any atom is -0.477 e. The van der Waals surface area contributed by atoms with E-state index in [9.17, 15) is 36.3 Å². The van der Waals surface area contributed by atoms with Crippen molar-refractivity contribution in [1.82, 2.24) is 14.3 Å². The summed E-state index contributed by atoms with van der Waals surface area (Å²) in [7, 11) is -4.35. The van der Waals surface area contributed by atoms with Gasteiger partial charge < -0.3 is 9.67 Å². The molecule has 0 saturated heterocycles. The Bertz CT molecular complexity index is 1740. The number of nitrogens with one attached hydrogen (secondary N) is 1. The van der Waals surface area contributed by atoms with Crippen molar-refractivity contribution in [3.8, 4) is 11.1 Å². The number of aromatic carboxylic acids is 1. The summed E-state index contributed by atoms with van der Waals surface area (Å²) >= 11 is 6.03. The zero-order chi connectivity index (χ0) is 30.7. The van der Waals surface area contributed by atoms with Crippen molar-refractivity contribution in [2.24, 2.45) is 0 Å². The summed E-state index contributed by atoms with van der Waals surface area (Å²) < 4.78 is 70.3. The summed E-state index contributed by atoms with van der Waals surface area (Å²) in [5.41, 5.74) is -1.23. The van der Waals surface area contributed by atoms with Gasteiger partial charge in [0.05, 0.1) is 15.5 Å². The van der Waals surface area contributed by atoms with Gasteiger partial charge in [0.25, 0.3) is 15.9 Å². The number of aryl methyl sites for hydroxylation is 1. The highest BCUT2D eigenvalue weighted by molar-refractivity contribution is 7.90. The lowest BCUT2D eigenvalue weighted by Crippen LogP contribution is -2.31. The first-order chi connectivity index (χ1) is 19.8. The molecule has 0 radical (unpaired) electrons. The summed E-state index contributed by atoms with van der Waals surface area (Å²) in [4.78, 5) is 28.0. The summed E-state index contributed by atoms with van der Waals surface area (Å²) in [5.74, 6) is -2.64. The second kappa shape index (κ2) is 12.4. The minimum absolute atomic E-state index is 0.0105. The van der Waals surface area contributed by atoms with Gasteiger partial charge in [0, 0.05) is 18.5 Å². The maximum Gasteiger partial charge on any atom is 0.435 e. The predicted octanol–water partition coefficient (Wildman–Crippen LogP) is 6.43. The van der Waals surface area contributed by atoms with E-state index in [0.717, 1.165) is 4.57 Å². The molecule has 2 N–H and O–H groups in total.